The first-order valence-corrected chi connectivity index (χ1v) is 7.77. The zero-order chi connectivity index (χ0) is 15.1. The van der Waals surface area contributed by atoms with Gasteiger partial charge in [-0.3, -0.25) is 0 Å². The molecule has 0 unspecified atom stereocenters. The molecule has 21 heavy (non-hydrogen) atoms. The van der Waals surface area contributed by atoms with Gasteiger partial charge in [-0.25, -0.2) is 0 Å². The van der Waals surface area contributed by atoms with E-state index in [0.29, 0.717) is 5.92 Å². The SMILES string of the molecule is CCCNCc1ccccc1Oc1ccccc1C(C)C. The maximum atomic E-state index is 6.19. The normalized spacial score (nSPS) is 10.9. The van der Waals surface area contributed by atoms with Crippen LogP contribution in [0.15, 0.2) is 48.5 Å². The van der Waals surface area contributed by atoms with E-state index in [1.165, 1.54) is 11.1 Å². The van der Waals surface area contributed by atoms with Gasteiger partial charge in [-0.1, -0.05) is 57.2 Å². The van der Waals surface area contributed by atoms with E-state index in [9.17, 15) is 0 Å². The van der Waals surface area contributed by atoms with E-state index in [0.717, 1.165) is 31.0 Å². The van der Waals surface area contributed by atoms with Gasteiger partial charge >= 0.3 is 0 Å². The molecular weight excluding hydrogens is 258 g/mol. The smallest absolute Gasteiger partial charge is 0.131 e. The molecule has 0 aliphatic rings. The summed E-state index contributed by atoms with van der Waals surface area (Å²) >= 11 is 0. The topological polar surface area (TPSA) is 21.3 Å². The molecule has 0 heterocycles. The molecule has 0 amide bonds. The summed E-state index contributed by atoms with van der Waals surface area (Å²) in [5.74, 6) is 2.34. The summed E-state index contributed by atoms with van der Waals surface area (Å²) in [6.07, 6.45) is 1.14. The zero-order valence-electron chi connectivity index (χ0n) is 13.2. The van der Waals surface area contributed by atoms with Crippen LogP contribution in [0.1, 0.15) is 44.2 Å². The lowest BCUT2D eigenvalue weighted by molar-refractivity contribution is 0.464. The lowest BCUT2D eigenvalue weighted by atomic mass is 10.0. The molecule has 0 atom stereocenters. The van der Waals surface area contributed by atoms with E-state index in [4.69, 9.17) is 4.74 Å². The van der Waals surface area contributed by atoms with Gasteiger partial charge in [0.2, 0.25) is 0 Å². The average Bonchev–Trinajstić information content (AvgIpc) is 2.49. The van der Waals surface area contributed by atoms with Crippen LogP contribution in [-0.4, -0.2) is 6.54 Å². The summed E-state index contributed by atoms with van der Waals surface area (Å²) in [7, 11) is 0. The van der Waals surface area contributed by atoms with Crippen LogP contribution < -0.4 is 10.1 Å². The Bertz CT molecular complexity index is 563. The van der Waals surface area contributed by atoms with Crippen molar-refractivity contribution >= 4 is 0 Å². The monoisotopic (exact) mass is 283 g/mol. The summed E-state index contributed by atoms with van der Waals surface area (Å²) in [5, 5.41) is 3.43. The first-order chi connectivity index (χ1) is 10.2. The fraction of sp³-hybridized carbons (Fsp3) is 0.368. The number of nitrogens with one attached hydrogen (secondary N) is 1. The van der Waals surface area contributed by atoms with Gasteiger partial charge in [0.1, 0.15) is 11.5 Å². The predicted octanol–water partition coefficient (Wildman–Crippen LogP) is 5.10. The number of hydrogen-bond acceptors (Lipinski definition) is 2. The lowest BCUT2D eigenvalue weighted by Gasteiger charge is -2.16. The van der Waals surface area contributed by atoms with Crippen molar-refractivity contribution in [2.24, 2.45) is 0 Å². The third-order valence-corrected chi connectivity index (χ3v) is 3.48. The van der Waals surface area contributed by atoms with Crippen molar-refractivity contribution in [1.82, 2.24) is 5.32 Å². The number of benzene rings is 2. The highest BCUT2D eigenvalue weighted by atomic mass is 16.5. The van der Waals surface area contributed by atoms with Crippen LogP contribution >= 0.6 is 0 Å². The molecule has 2 nitrogen and oxygen atoms in total. The van der Waals surface area contributed by atoms with Crippen molar-refractivity contribution in [3.8, 4) is 11.5 Å². The van der Waals surface area contributed by atoms with Crippen molar-refractivity contribution in [3.63, 3.8) is 0 Å². The largest absolute Gasteiger partial charge is 0.457 e. The average molecular weight is 283 g/mol. The maximum Gasteiger partial charge on any atom is 0.131 e. The molecule has 0 saturated heterocycles. The van der Waals surface area contributed by atoms with Crippen LogP contribution in [0.25, 0.3) is 0 Å². The maximum absolute atomic E-state index is 6.19. The van der Waals surface area contributed by atoms with Gasteiger partial charge in [0.15, 0.2) is 0 Å². The Kier molecular flexibility index (Phi) is 5.82. The van der Waals surface area contributed by atoms with E-state index in [-0.39, 0.29) is 0 Å². The van der Waals surface area contributed by atoms with Gasteiger partial charge < -0.3 is 10.1 Å². The van der Waals surface area contributed by atoms with Crippen LogP contribution in [0.2, 0.25) is 0 Å². The summed E-state index contributed by atoms with van der Waals surface area (Å²) in [6, 6.07) is 16.5. The van der Waals surface area contributed by atoms with Crippen LogP contribution in [0.5, 0.6) is 11.5 Å². The standard InChI is InChI=1S/C19H25NO/c1-4-13-20-14-16-9-5-7-11-18(16)21-19-12-8-6-10-17(19)15(2)3/h5-12,15,20H,4,13-14H2,1-3H3. The fourth-order valence-electron chi connectivity index (χ4n) is 2.32. The molecule has 2 rings (SSSR count). The molecule has 1 N–H and O–H groups in total. The minimum Gasteiger partial charge on any atom is -0.457 e. The summed E-state index contributed by atoms with van der Waals surface area (Å²) in [5.41, 5.74) is 2.44. The first-order valence-electron chi connectivity index (χ1n) is 7.77. The molecule has 2 aromatic rings. The molecule has 0 aliphatic heterocycles. The molecule has 0 spiro atoms. The summed E-state index contributed by atoms with van der Waals surface area (Å²) < 4.78 is 6.19. The third-order valence-electron chi connectivity index (χ3n) is 3.48. The number of para-hydroxylation sites is 2. The quantitative estimate of drug-likeness (QED) is 0.714. The van der Waals surface area contributed by atoms with Crippen molar-refractivity contribution in [2.75, 3.05) is 6.54 Å². The Morgan fingerprint density at radius 1 is 0.952 bits per heavy atom. The molecule has 0 fully saturated rings. The van der Waals surface area contributed by atoms with Crippen LogP contribution in [0.4, 0.5) is 0 Å². The summed E-state index contributed by atoms with van der Waals surface area (Å²) in [4.78, 5) is 0. The highest BCUT2D eigenvalue weighted by Crippen LogP contribution is 2.31. The molecule has 0 radical (unpaired) electrons. The molecule has 112 valence electrons. The Balaban J connectivity index is 2.20. The van der Waals surface area contributed by atoms with Gasteiger partial charge in [0, 0.05) is 12.1 Å². The third kappa shape index (κ3) is 4.33. The second-order valence-electron chi connectivity index (χ2n) is 5.58. The van der Waals surface area contributed by atoms with Crippen molar-refractivity contribution in [1.29, 1.82) is 0 Å². The van der Waals surface area contributed by atoms with E-state index in [2.05, 4.69) is 50.4 Å². The van der Waals surface area contributed by atoms with Crippen LogP contribution in [-0.2, 0) is 6.54 Å². The summed E-state index contributed by atoms with van der Waals surface area (Å²) in [6.45, 7) is 8.42. The van der Waals surface area contributed by atoms with Crippen molar-refractivity contribution in [3.05, 3.63) is 59.7 Å². The Hall–Kier alpha value is -1.80. The van der Waals surface area contributed by atoms with E-state index >= 15 is 0 Å². The minimum absolute atomic E-state index is 0.451. The van der Waals surface area contributed by atoms with Crippen LogP contribution in [0, 0.1) is 0 Å². The van der Waals surface area contributed by atoms with Crippen molar-refractivity contribution < 1.29 is 4.74 Å². The molecule has 0 aliphatic carbocycles. The zero-order valence-corrected chi connectivity index (χ0v) is 13.2. The molecule has 0 saturated carbocycles. The van der Waals surface area contributed by atoms with Gasteiger partial charge in [-0.2, -0.15) is 0 Å². The molecule has 0 aromatic heterocycles. The number of hydrogen-bond donors (Lipinski definition) is 1. The second-order valence-corrected chi connectivity index (χ2v) is 5.58. The molecular formula is C19H25NO. The van der Waals surface area contributed by atoms with Crippen molar-refractivity contribution in [2.45, 2.75) is 39.7 Å². The number of ether oxygens (including phenoxy) is 1. The van der Waals surface area contributed by atoms with Gasteiger partial charge in [0.05, 0.1) is 0 Å². The van der Waals surface area contributed by atoms with Gasteiger partial charge in [-0.15, -0.1) is 0 Å². The van der Waals surface area contributed by atoms with E-state index < -0.39 is 0 Å². The fourth-order valence-corrected chi connectivity index (χ4v) is 2.32. The van der Waals surface area contributed by atoms with Gasteiger partial charge in [0.25, 0.3) is 0 Å². The molecule has 2 aromatic carbocycles. The highest BCUT2D eigenvalue weighted by Gasteiger charge is 2.10. The Labute approximate surface area is 128 Å². The first kappa shape index (κ1) is 15.6. The second kappa shape index (κ2) is 7.84. The van der Waals surface area contributed by atoms with Gasteiger partial charge in [-0.05, 0) is 36.6 Å². The lowest BCUT2D eigenvalue weighted by Crippen LogP contribution is -2.14. The Morgan fingerprint density at radius 3 is 2.33 bits per heavy atom. The number of rotatable bonds is 7. The molecule has 2 heteroatoms. The van der Waals surface area contributed by atoms with Crippen LogP contribution in [0.3, 0.4) is 0 Å². The highest BCUT2D eigenvalue weighted by molar-refractivity contribution is 5.42. The minimum atomic E-state index is 0.451. The van der Waals surface area contributed by atoms with E-state index in [1.807, 2.05) is 24.3 Å². The predicted molar refractivity (Wildman–Crippen MR) is 89.0 cm³/mol. The Morgan fingerprint density at radius 2 is 1.62 bits per heavy atom. The molecule has 0 bridgehead atoms. The van der Waals surface area contributed by atoms with E-state index in [1.54, 1.807) is 0 Å².